The van der Waals surface area contributed by atoms with Gasteiger partial charge in [0.2, 0.25) is 0 Å². The molecule has 1 aromatic heterocycles. The van der Waals surface area contributed by atoms with Gasteiger partial charge in [-0.2, -0.15) is 0 Å². The van der Waals surface area contributed by atoms with Crippen LogP contribution in [0.2, 0.25) is 5.02 Å². The number of aliphatic hydroxyl groups is 1. The fourth-order valence-corrected chi connectivity index (χ4v) is 2.01. The molecular weight excluding hydrogens is 262 g/mol. The van der Waals surface area contributed by atoms with Gasteiger partial charge in [0.05, 0.1) is 11.6 Å². The highest BCUT2D eigenvalue weighted by molar-refractivity contribution is 6.31. The highest BCUT2D eigenvalue weighted by Gasteiger charge is 2.09. The molecule has 102 valence electrons. The molecule has 0 bridgehead atoms. The van der Waals surface area contributed by atoms with Gasteiger partial charge in [-0.1, -0.05) is 25.4 Å². The Morgan fingerprint density at radius 3 is 2.84 bits per heavy atom. The summed E-state index contributed by atoms with van der Waals surface area (Å²) in [5.41, 5.74) is 0.814. The lowest BCUT2D eigenvalue weighted by atomic mass is 10.0. The van der Waals surface area contributed by atoms with Gasteiger partial charge in [0.25, 0.3) is 0 Å². The van der Waals surface area contributed by atoms with Crippen molar-refractivity contribution in [1.29, 1.82) is 0 Å². The maximum atomic E-state index is 9.76. The lowest BCUT2D eigenvalue weighted by molar-refractivity contribution is 0.120. The molecule has 19 heavy (non-hydrogen) atoms. The van der Waals surface area contributed by atoms with Gasteiger partial charge in [0.15, 0.2) is 0 Å². The van der Waals surface area contributed by atoms with Gasteiger partial charge in [-0.25, -0.2) is 9.97 Å². The Bertz CT molecular complexity index is 559. The topological polar surface area (TPSA) is 58.0 Å². The third-order valence-corrected chi connectivity index (χ3v) is 3.34. The van der Waals surface area contributed by atoms with Gasteiger partial charge >= 0.3 is 0 Å². The summed E-state index contributed by atoms with van der Waals surface area (Å²) in [5.74, 6) is 1.04. The molecule has 0 saturated heterocycles. The van der Waals surface area contributed by atoms with Gasteiger partial charge in [-0.3, -0.25) is 0 Å². The average molecular weight is 280 g/mol. The number of nitrogens with zero attached hydrogens (tertiary/aromatic N) is 2. The van der Waals surface area contributed by atoms with E-state index in [-0.39, 0.29) is 12.0 Å². The van der Waals surface area contributed by atoms with Crippen molar-refractivity contribution < 1.29 is 5.11 Å². The second-order valence-electron chi connectivity index (χ2n) is 4.91. The molecule has 0 spiro atoms. The lowest BCUT2D eigenvalue weighted by Crippen LogP contribution is -2.19. The zero-order valence-electron chi connectivity index (χ0n) is 11.1. The van der Waals surface area contributed by atoms with E-state index in [0.29, 0.717) is 18.0 Å². The summed E-state index contributed by atoms with van der Waals surface area (Å²) < 4.78 is 0. The molecule has 1 heterocycles. The minimum atomic E-state index is -0.296. The van der Waals surface area contributed by atoms with Gasteiger partial charge < -0.3 is 10.4 Å². The van der Waals surface area contributed by atoms with E-state index in [4.69, 9.17) is 11.6 Å². The Morgan fingerprint density at radius 2 is 2.11 bits per heavy atom. The van der Waals surface area contributed by atoms with Gasteiger partial charge in [0, 0.05) is 17.0 Å². The number of benzene rings is 1. The third kappa shape index (κ3) is 3.55. The van der Waals surface area contributed by atoms with E-state index >= 15 is 0 Å². The van der Waals surface area contributed by atoms with Crippen molar-refractivity contribution in [3.8, 4) is 0 Å². The summed E-state index contributed by atoms with van der Waals surface area (Å²) in [6, 6.07) is 5.53. The molecular formula is C14H18ClN3O. The predicted molar refractivity (Wildman–Crippen MR) is 78.5 cm³/mol. The molecule has 5 heteroatoms. The van der Waals surface area contributed by atoms with Gasteiger partial charge in [0.1, 0.15) is 12.1 Å². The summed E-state index contributed by atoms with van der Waals surface area (Å²) in [6.07, 6.45) is 1.91. The van der Waals surface area contributed by atoms with Crippen LogP contribution in [-0.2, 0) is 0 Å². The molecule has 1 atom stereocenters. The molecule has 0 aliphatic carbocycles. The molecule has 1 unspecified atom stereocenters. The van der Waals surface area contributed by atoms with Crippen LogP contribution in [0.15, 0.2) is 24.5 Å². The highest BCUT2D eigenvalue weighted by Crippen LogP contribution is 2.22. The number of halogens is 1. The number of nitrogens with one attached hydrogen (secondary N) is 1. The van der Waals surface area contributed by atoms with Crippen LogP contribution in [0, 0.1) is 5.92 Å². The Kier molecular flexibility index (Phi) is 4.56. The van der Waals surface area contributed by atoms with Gasteiger partial charge in [-0.15, -0.1) is 0 Å². The Labute approximate surface area is 117 Å². The normalized spacial score (nSPS) is 12.9. The summed E-state index contributed by atoms with van der Waals surface area (Å²) in [7, 11) is 0. The van der Waals surface area contributed by atoms with E-state index in [1.54, 1.807) is 0 Å². The molecule has 0 aliphatic rings. The number of hydrogen-bond acceptors (Lipinski definition) is 4. The highest BCUT2D eigenvalue weighted by atomic mass is 35.5. The third-order valence-electron chi connectivity index (χ3n) is 3.10. The molecule has 0 radical (unpaired) electrons. The number of anilines is 1. The van der Waals surface area contributed by atoms with E-state index < -0.39 is 0 Å². The van der Waals surface area contributed by atoms with Crippen LogP contribution in [0.25, 0.3) is 10.9 Å². The Morgan fingerprint density at radius 1 is 1.32 bits per heavy atom. The molecule has 2 aromatic rings. The predicted octanol–water partition coefficient (Wildman–Crippen LogP) is 3.10. The zero-order chi connectivity index (χ0) is 13.8. The Balaban J connectivity index is 2.09. The van der Waals surface area contributed by atoms with Gasteiger partial charge in [-0.05, 0) is 30.5 Å². The number of aromatic nitrogens is 2. The lowest BCUT2D eigenvalue weighted by Gasteiger charge is -2.15. The molecule has 2 rings (SSSR count). The SMILES string of the molecule is CC(C)C(O)CCNc1ncnc2cc(Cl)ccc12. The Hall–Kier alpha value is -1.39. The van der Waals surface area contributed by atoms with E-state index in [0.717, 1.165) is 16.7 Å². The second-order valence-corrected chi connectivity index (χ2v) is 5.35. The van der Waals surface area contributed by atoms with Crippen molar-refractivity contribution in [3.05, 3.63) is 29.5 Å². The van der Waals surface area contributed by atoms with Crippen molar-refractivity contribution >= 4 is 28.3 Å². The quantitative estimate of drug-likeness (QED) is 0.883. The van der Waals surface area contributed by atoms with Crippen LogP contribution in [0.3, 0.4) is 0 Å². The molecule has 2 N–H and O–H groups in total. The van der Waals surface area contributed by atoms with Crippen molar-refractivity contribution in [3.63, 3.8) is 0 Å². The standard InChI is InChI=1S/C14H18ClN3O/c1-9(2)13(19)5-6-16-14-11-4-3-10(15)7-12(11)17-8-18-14/h3-4,7-9,13,19H,5-6H2,1-2H3,(H,16,17,18). The second kappa shape index (κ2) is 6.17. The summed E-state index contributed by atoms with van der Waals surface area (Å²) in [6.45, 7) is 4.69. The molecule has 0 fully saturated rings. The summed E-state index contributed by atoms with van der Waals surface area (Å²) >= 11 is 5.94. The van der Waals surface area contributed by atoms with Crippen LogP contribution in [-0.4, -0.2) is 27.7 Å². The largest absolute Gasteiger partial charge is 0.393 e. The molecule has 0 aliphatic heterocycles. The number of rotatable bonds is 5. The van der Waals surface area contributed by atoms with Crippen LogP contribution in [0.4, 0.5) is 5.82 Å². The maximum Gasteiger partial charge on any atom is 0.137 e. The molecule has 1 aromatic carbocycles. The summed E-state index contributed by atoms with van der Waals surface area (Å²) in [5, 5.41) is 14.6. The summed E-state index contributed by atoms with van der Waals surface area (Å²) in [4.78, 5) is 8.42. The zero-order valence-corrected chi connectivity index (χ0v) is 11.9. The van der Waals surface area contributed by atoms with E-state index in [1.807, 2.05) is 32.0 Å². The molecule has 0 amide bonds. The van der Waals surface area contributed by atoms with E-state index in [9.17, 15) is 5.11 Å². The van der Waals surface area contributed by atoms with E-state index in [2.05, 4.69) is 15.3 Å². The van der Waals surface area contributed by atoms with Crippen LogP contribution < -0.4 is 5.32 Å². The first-order chi connectivity index (χ1) is 9.08. The van der Waals surface area contributed by atoms with Crippen molar-refractivity contribution in [2.24, 2.45) is 5.92 Å². The van der Waals surface area contributed by atoms with Crippen molar-refractivity contribution in [2.45, 2.75) is 26.4 Å². The van der Waals surface area contributed by atoms with E-state index in [1.165, 1.54) is 6.33 Å². The smallest absolute Gasteiger partial charge is 0.137 e. The van der Waals surface area contributed by atoms with Crippen LogP contribution >= 0.6 is 11.6 Å². The number of hydrogen-bond donors (Lipinski definition) is 2. The van der Waals surface area contributed by atoms with Crippen LogP contribution in [0.1, 0.15) is 20.3 Å². The maximum absolute atomic E-state index is 9.76. The van der Waals surface area contributed by atoms with Crippen molar-refractivity contribution in [1.82, 2.24) is 9.97 Å². The number of aliphatic hydroxyl groups excluding tert-OH is 1. The minimum Gasteiger partial charge on any atom is -0.393 e. The van der Waals surface area contributed by atoms with Crippen molar-refractivity contribution in [2.75, 3.05) is 11.9 Å². The average Bonchev–Trinajstić information content (AvgIpc) is 2.38. The monoisotopic (exact) mass is 279 g/mol. The fourth-order valence-electron chi connectivity index (χ4n) is 1.84. The first-order valence-electron chi connectivity index (χ1n) is 6.40. The van der Waals surface area contributed by atoms with Crippen LogP contribution in [0.5, 0.6) is 0 Å². The first-order valence-corrected chi connectivity index (χ1v) is 6.78. The molecule has 0 saturated carbocycles. The number of fused-ring (bicyclic) bond motifs is 1. The molecule has 4 nitrogen and oxygen atoms in total. The minimum absolute atomic E-state index is 0.266. The first kappa shape index (κ1) is 14.0. The fraction of sp³-hybridized carbons (Fsp3) is 0.429.